The normalized spacial score (nSPS) is 13.2. The number of nitrogens with zero attached hydrogens (tertiary/aromatic N) is 2. The Bertz CT molecular complexity index is 602. The number of hydrogen-bond acceptors (Lipinski definition) is 3. The lowest BCUT2D eigenvalue weighted by molar-refractivity contribution is -0.137. The molecule has 1 aromatic carbocycles. The lowest BCUT2D eigenvalue weighted by atomic mass is 9.99. The standard InChI is InChI=1S/C14H13BrF3N3/c1-2-21-13(9-6-19-8-20-7-9)11-5-10(14(16,17)18)3-4-12(11)15/h3-8,13,21H,2H2,1H3. The fourth-order valence-corrected chi connectivity index (χ4v) is 2.49. The third kappa shape index (κ3) is 3.79. The highest BCUT2D eigenvalue weighted by molar-refractivity contribution is 9.10. The SMILES string of the molecule is CCNC(c1cncnc1)c1cc(C(F)(F)F)ccc1Br. The van der Waals surface area contributed by atoms with E-state index in [4.69, 9.17) is 0 Å². The third-order valence-electron chi connectivity index (χ3n) is 2.96. The van der Waals surface area contributed by atoms with Crippen LogP contribution in [0.1, 0.15) is 29.7 Å². The van der Waals surface area contributed by atoms with Gasteiger partial charge in [0.25, 0.3) is 0 Å². The quantitative estimate of drug-likeness (QED) is 0.897. The Morgan fingerprint density at radius 1 is 1.24 bits per heavy atom. The molecule has 0 spiro atoms. The molecule has 0 bridgehead atoms. The van der Waals surface area contributed by atoms with Crippen LogP contribution in [-0.4, -0.2) is 16.5 Å². The van der Waals surface area contributed by atoms with Crippen molar-refractivity contribution in [2.45, 2.75) is 19.1 Å². The lowest BCUT2D eigenvalue weighted by Crippen LogP contribution is -2.23. The fourth-order valence-electron chi connectivity index (χ4n) is 2.01. The van der Waals surface area contributed by atoms with Gasteiger partial charge in [0, 0.05) is 22.4 Å². The molecule has 2 rings (SSSR count). The molecule has 2 aromatic rings. The number of benzene rings is 1. The maximum Gasteiger partial charge on any atom is 0.416 e. The van der Waals surface area contributed by atoms with Crippen molar-refractivity contribution in [1.29, 1.82) is 0 Å². The van der Waals surface area contributed by atoms with E-state index < -0.39 is 17.8 Å². The lowest BCUT2D eigenvalue weighted by Gasteiger charge is -2.21. The Balaban J connectivity index is 2.50. The summed E-state index contributed by atoms with van der Waals surface area (Å²) >= 11 is 3.32. The van der Waals surface area contributed by atoms with E-state index in [1.807, 2.05) is 6.92 Å². The van der Waals surface area contributed by atoms with E-state index in [0.717, 1.165) is 12.1 Å². The molecule has 1 atom stereocenters. The minimum absolute atomic E-state index is 0.409. The Kier molecular flexibility index (Phi) is 4.95. The number of hydrogen-bond donors (Lipinski definition) is 1. The molecule has 1 aromatic heterocycles. The molecular formula is C14H13BrF3N3. The molecule has 0 fully saturated rings. The summed E-state index contributed by atoms with van der Waals surface area (Å²) in [7, 11) is 0. The van der Waals surface area contributed by atoms with Crippen molar-refractivity contribution in [2.24, 2.45) is 0 Å². The minimum atomic E-state index is -4.38. The van der Waals surface area contributed by atoms with Crippen molar-refractivity contribution >= 4 is 15.9 Å². The van der Waals surface area contributed by atoms with Crippen LogP contribution in [0, 0.1) is 0 Å². The topological polar surface area (TPSA) is 37.8 Å². The first kappa shape index (κ1) is 15.9. The van der Waals surface area contributed by atoms with E-state index in [1.54, 1.807) is 12.4 Å². The monoisotopic (exact) mass is 359 g/mol. The number of nitrogens with one attached hydrogen (secondary N) is 1. The van der Waals surface area contributed by atoms with E-state index in [1.165, 1.54) is 12.4 Å². The first-order valence-electron chi connectivity index (χ1n) is 6.28. The van der Waals surface area contributed by atoms with E-state index in [0.29, 0.717) is 22.1 Å². The Hall–Kier alpha value is -1.47. The summed E-state index contributed by atoms with van der Waals surface area (Å²) in [5.41, 5.74) is 0.529. The van der Waals surface area contributed by atoms with Crippen LogP contribution in [0.2, 0.25) is 0 Å². The molecule has 0 radical (unpaired) electrons. The van der Waals surface area contributed by atoms with Crippen LogP contribution in [0.5, 0.6) is 0 Å². The fraction of sp³-hybridized carbons (Fsp3) is 0.286. The van der Waals surface area contributed by atoms with Gasteiger partial charge in [0.15, 0.2) is 0 Å². The van der Waals surface area contributed by atoms with Crippen molar-refractivity contribution in [3.8, 4) is 0 Å². The van der Waals surface area contributed by atoms with Gasteiger partial charge in [-0.1, -0.05) is 22.9 Å². The number of aromatic nitrogens is 2. The Morgan fingerprint density at radius 3 is 2.48 bits per heavy atom. The van der Waals surface area contributed by atoms with Crippen molar-refractivity contribution in [3.63, 3.8) is 0 Å². The average Bonchev–Trinajstić information content (AvgIpc) is 2.45. The van der Waals surface area contributed by atoms with Crippen LogP contribution in [0.3, 0.4) is 0 Å². The Labute approximate surface area is 128 Å². The van der Waals surface area contributed by atoms with Gasteiger partial charge in [-0.2, -0.15) is 13.2 Å². The first-order valence-corrected chi connectivity index (χ1v) is 7.07. The summed E-state index contributed by atoms with van der Waals surface area (Å²) < 4.78 is 39.3. The zero-order valence-electron chi connectivity index (χ0n) is 11.2. The Morgan fingerprint density at radius 2 is 1.90 bits per heavy atom. The van der Waals surface area contributed by atoms with E-state index >= 15 is 0 Å². The summed E-state index contributed by atoms with van der Waals surface area (Å²) in [5.74, 6) is 0. The largest absolute Gasteiger partial charge is 0.416 e. The van der Waals surface area contributed by atoms with Gasteiger partial charge < -0.3 is 5.32 Å². The van der Waals surface area contributed by atoms with Crippen LogP contribution in [0.25, 0.3) is 0 Å². The number of halogens is 4. The maximum absolute atomic E-state index is 12.9. The minimum Gasteiger partial charge on any atom is -0.306 e. The van der Waals surface area contributed by atoms with E-state index in [2.05, 4.69) is 31.2 Å². The average molecular weight is 360 g/mol. The smallest absolute Gasteiger partial charge is 0.306 e. The van der Waals surface area contributed by atoms with Crippen LogP contribution in [-0.2, 0) is 6.18 Å². The molecule has 7 heteroatoms. The van der Waals surface area contributed by atoms with Gasteiger partial charge in [0.2, 0.25) is 0 Å². The molecule has 1 N–H and O–H groups in total. The predicted octanol–water partition coefficient (Wildman–Crippen LogP) is 3.96. The van der Waals surface area contributed by atoms with Gasteiger partial charge in [-0.05, 0) is 30.3 Å². The summed E-state index contributed by atoms with van der Waals surface area (Å²) in [4.78, 5) is 7.85. The molecule has 0 saturated carbocycles. The molecule has 112 valence electrons. The van der Waals surface area contributed by atoms with Crippen molar-refractivity contribution in [2.75, 3.05) is 6.54 Å². The molecule has 0 aliphatic heterocycles. The van der Waals surface area contributed by atoms with Crippen molar-refractivity contribution in [3.05, 3.63) is 58.1 Å². The van der Waals surface area contributed by atoms with Gasteiger partial charge in [-0.25, -0.2) is 9.97 Å². The van der Waals surface area contributed by atoms with Crippen LogP contribution in [0.4, 0.5) is 13.2 Å². The summed E-state index contributed by atoms with van der Waals surface area (Å²) in [6, 6.07) is 3.20. The second kappa shape index (κ2) is 6.53. The molecule has 0 saturated heterocycles. The van der Waals surface area contributed by atoms with Gasteiger partial charge in [0.05, 0.1) is 11.6 Å². The van der Waals surface area contributed by atoms with Gasteiger partial charge in [-0.15, -0.1) is 0 Å². The molecule has 3 nitrogen and oxygen atoms in total. The van der Waals surface area contributed by atoms with E-state index in [9.17, 15) is 13.2 Å². The summed E-state index contributed by atoms with van der Waals surface area (Å²) in [6.07, 6.45) is 0.188. The van der Waals surface area contributed by atoms with Crippen LogP contribution < -0.4 is 5.32 Å². The number of rotatable bonds is 4. The number of alkyl halides is 3. The zero-order valence-corrected chi connectivity index (χ0v) is 12.7. The maximum atomic E-state index is 12.9. The molecule has 21 heavy (non-hydrogen) atoms. The van der Waals surface area contributed by atoms with Crippen LogP contribution in [0.15, 0.2) is 41.4 Å². The highest BCUT2D eigenvalue weighted by Crippen LogP contribution is 2.35. The zero-order chi connectivity index (χ0) is 15.5. The molecular weight excluding hydrogens is 347 g/mol. The summed E-state index contributed by atoms with van der Waals surface area (Å²) in [5, 5.41) is 3.16. The molecule has 1 unspecified atom stereocenters. The molecule has 1 heterocycles. The second-order valence-corrected chi connectivity index (χ2v) is 5.25. The van der Waals surface area contributed by atoms with Gasteiger partial charge in [0.1, 0.15) is 6.33 Å². The summed E-state index contributed by atoms with van der Waals surface area (Å²) in [6.45, 7) is 2.49. The van der Waals surface area contributed by atoms with Gasteiger partial charge in [-0.3, -0.25) is 0 Å². The second-order valence-electron chi connectivity index (χ2n) is 4.40. The van der Waals surface area contributed by atoms with Crippen molar-refractivity contribution < 1.29 is 13.2 Å². The van der Waals surface area contributed by atoms with Crippen molar-refractivity contribution in [1.82, 2.24) is 15.3 Å². The highest BCUT2D eigenvalue weighted by Gasteiger charge is 2.31. The molecule has 0 aliphatic rings. The predicted molar refractivity (Wildman–Crippen MR) is 76.7 cm³/mol. The molecule has 0 amide bonds. The first-order chi connectivity index (χ1) is 9.93. The van der Waals surface area contributed by atoms with E-state index in [-0.39, 0.29) is 0 Å². The van der Waals surface area contributed by atoms with Crippen LogP contribution >= 0.6 is 15.9 Å². The highest BCUT2D eigenvalue weighted by atomic mass is 79.9. The van der Waals surface area contributed by atoms with Gasteiger partial charge >= 0.3 is 6.18 Å². The molecule has 0 aliphatic carbocycles. The third-order valence-corrected chi connectivity index (χ3v) is 3.68.